The summed E-state index contributed by atoms with van der Waals surface area (Å²) in [6, 6.07) is 5.86. The molecule has 1 aromatic carbocycles. The Morgan fingerprint density at radius 2 is 2.29 bits per heavy atom. The monoisotopic (exact) mass is 305 g/mol. The van der Waals surface area contributed by atoms with Crippen LogP contribution in [0.4, 0.5) is 10.1 Å². The zero-order valence-electron chi connectivity index (χ0n) is 11.1. The zero-order valence-corrected chi connectivity index (χ0v) is 12.0. The second kappa shape index (κ2) is 6.88. The summed E-state index contributed by atoms with van der Waals surface area (Å²) >= 11 is 1.21. The number of amides is 1. The number of aliphatic hydroxyl groups is 1. The number of halogens is 1. The number of hydrogen-bond donors (Lipinski definition) is 2. The maximum atomic E-state index is 13.9. The maximum Gasteiger partial charge on any atom is 0.269 e. The third-order valence-electron chi connectivity index (χ3n) is 2.58. The number of methoxy groups -OCH3 is 1. The quantitative estimate of drug-likeness (QED) is 0.857. The van der Waals surface area contributed by atoms with E-state index in [2.05, 4.69) is 17.2 Å². The van der Waals surface area contributed by atoms with Gasteiger partial charge in [0.25, 0.3) is 5.91 Å². The Hall–Kier alpha value is -2.36. The van der Waals surface area contributed by atoms with Crippen LogP contribution in [0.15, 0.2) is 29.6 Å². The maximum absolute atomic E-state index is 13.9. The third-order valence-corrected chi connectivity index (χ3v) is 3.48. The number of carbonyl (C=O) groups excluding carboxylic acids is 1. The van der Waals surface area contributed by atoms with E-state index in [0.29, 0.717) is 16.2 Å². The molecule has 1 aromatic heterocycles. The number of thiophene rings is 1. The normalized spacial score (nSPS) is 9.67. The predicted molar refractivity (Wildman–Crippen MR) is 79.2 cm³/mol. The summed E-state index contributed by atoms with van der Waals surface area (Å²) in [6.45, 7) is -0.293. The molecule has 0 saturated heterocycles. The predicted octanol–water partition coefficient (Wildman–Crippen LogP) is 2.49. The van der Waals surface area contributed by atoms with Crippen LogP contribution < -0.4 is 10.1 Å². The number of rotatable bonds is 3. The van der Waals surface area contributed by atoms with Crippen molar-refractivity contribution in [1.82, 2.24) is 0 Å². The Bertz CT molecular complexity index is 715. The Kier molecular flexibility index (Phi) is 4.93. The minimum atomic E-state index is -0.594. The molecule has 0 aliphatic heterocycles. The smallest absolute Gasteiger partial charge is 0.269 e. The van der Waals surface area contributed by atoms with E-state index in [4.69, 9.17) is 9.84 Å². The molecule has 1 amide bonds. The van der Waals surface area contributed by atoms with Crippen molar-refractivity contribution in [3.63, 3.8) is 0 Å². The van der Waals surface area contributed by atoms with Gasteiger partial charge in [-0.3, -0.25) is 4.79 Å². The fraction of sp³-hybridized carbons (Fsp3) is 0.133. The Balaban J connectivity index is 2.18. The zero-order chi connectivity index (χ0) is 15.2. The van der Waals surface area contributed by atoms with Crippen LogP contribution in [0.2, 0.25) is 0 Å². The van der Waals surface area contributed by atoms with Crippen LogP contribution in [0.25, 0.3) is 0 Å². The first-order valence-electron chi connectivity index (χ1n) is 5.98. The molecule has 2 N–H and O–H groups in total. The summed E-state index contributed by atoms with van der Waals surface area (Å²) in [5, 5.41) is 12.8. The van der Waals surface area contributed by atoms with Gasteiger partial charge in [-0.2, -0.15) is 0 Å². The molecule has 21 heavy (non-hydrogen) atoms. The van der Waals surface area contributed by atoms with Gasteiger partial charge in [0.05, 0.1) is 12.8 Å². The molecule has 0 spiro atoms. The molecule has 0 fully saturated rings. The largest absolute Gasteiger partial charge is 0.495 e. The molecular weight excluding hydrogens is 293 g/mol. The van der Waals surface area contributed by atoms with Crippen molar-refractivity contribution in [2.45, 2.75) is 0 Å². The highest BCUT2D eigenvalue weighted by atomic mass is 32.1. The number of benzene rings is 1. The molecule has 2 rings (SSSR count). The third kappa shape index (κ3) is 3.60. The molecule has 0 aliphatic rings. The highest BCUT2D eigenvalue weighted by molar-refractivity contribution is 7.12. The highest BCUT2D eigenvalue weighted by Gasteiger charge is 2.15. The van der Waals surface area contributed by atoms with Crippen molar-refractivity contribution < 1.29 is 19.0 Å². The first-order chi connectivity index (χ1) is 10.2. The number of aliphatic hydroxyl groups excluding tert-OH is 1. The average molecular weight is 305 g/mol. The van der Waals surface area contributed by atoms with E-state index in [9.17, 15) is 9.18 Å². The lowest BCUT2D eigenvalue weighted by molar-refractivity contribution is 0.102. The summed E-state index contributed by atoms with van der Waals surface area (Å²) in [7, 11) is 1.47. The van der Waals surface area contributed by atoms with Gasteiger partial charge in [-0.05, 0) is 29.6 Å². The number of carbonyl (C=O) groups is 1. The van der Waals surface area contributed by atoms with Crippen molar-refractivity contribution in [1.29, 1.82) is 0 Å². The van der Waals surface area contributed by atoms with Gasteiger partial charge in [0, 0.05) is 5.56 Å². The standard InChI is InChI=1S/C15H12FNO3S/c1-20-13-6-8-21-14(13)15(19)17-12-5-4-10(3-2-7-18)9-11(12)16/h4-6,8-9,18H,7H2,1H3,(H,17,19). The van der Waals surface area contributed by atoms with Gasteiger partial charge in [-0.1, -0.05) is 11.8 Å². The summed E-state index contributed by atoms with van der Waals surface area (Å²) in [5.41, 5.74) is 0.484. The van der Waals surface area contributed by atoms with E-state index < -0.39 is 11.7 Å². The van der Waals surface area contributed by atoms with Crippen LogP contribution in [0.1, 0.15) is 15.2 Å². The molecule has 0 saturated carbocycles. The summed E-state index contributed by atoms with van der Waals surface area (Å²) in [5.74, 6) is 4.44. The number of nitrogens with one attached hydrogen (secondary N) is 1. The molecule has 6 heteroatoms. The lowest BCUT2D eigenvalue weighted by Crippen LogP contribution is -2.12. The van der Waals surface area contributed by atoms with Crippen molar-refractivity contribution >= 4 is 22.9 Å². The second-order valence-corrected chi connectivity index (χ2v) is 4.84. The van der Waals surface area contributed by atoms with Gasteiger partial charge in [0.15, 0.2) is 0 Å². The topological polar surface area (TPSA) is 58.6 Å². The SMILES string of the molecule is COc1ccsc1C(=O)Nc1ccc(C#CCO)cc1F. The average Bonchev–Trinajstić information content (AvgIpc) is 2.96. The van der Waals surface area contributed by atoms with Gasteiger partial charge < -0.3 is 15.2 Å². The van der Waals surface area contributed by atoms with E-state index >= 15 is 0 Å². The molecule has 2 aromatic rings. The molecule has 0 bridgehead atoms. The number of anilines is 1. The molecule has 4 nitrogen and oxygen atoms in total. The van der Waals surface area contributed by atoms with E-state index in [1.165, 1.54) is 30.6 Å². The molecule has 108 valence electrons. The minimum absolute atomic E-state index is 0.0602. The van der Waals surface area contributed by atoms with Gasteiger partial charge in [-0.25, -0.2) is 4.39 Å². The molecule has 0 unspecified atom stereocenters. The van der Waals surface area contributed by atoms with Gasteiger partial charge in [-0.15, -0.1) is 11.3 Å². The molecular formula is C15H12FNO3S. The highest BCUT2D eigenvalue weighted by Crippen LogP contribution is 2.26. The van der Waals surface area contributed by atoms with Crippen LogP contribution in [0, 0.1) is 17.7 Å². The van der Waals surface area contributed by atoms with E-state index in [1.807, 2.05) is 0 Å². The summed E-state index contributed by atoms with van der Waals surface area (Å²) in [4.78, 5) is 12.4. The fourth-order valence-electron chi connectivity index (χ4n) is 1.64. The van der Waals surface area contributed by atoms with Crippen LogP contribution in [-0.2, 0) is 0 Å². The summed E-state index contributed by atoms with van der Waals surface area (Å²) < 4.78 is 18.9. The lowest BCUT2D eigenvalue weighted by Gasteiger charge is -2.07. The molecule has 0 atom stereocenters. The van der Waals surface area contributed by atoms with Crippen LogP contribution in [0.3, 0.4) is 0 Å². The lowest BCUT2D eigenvalue weighted by atomic mass is 10.2. The van der Waals surface area contributed by atoms with Gasteiger partial charge in [0.2, 0.25) is 0 Å². The van der Waals surface area contributed by atoms with Gasteiger partial charge >= 0.3 is 0 Å². The van der Waals surface area contributed by atoms with Crippen LogP contribution in [0.5, 0.6) is 5.75 Å². The molecule has 1 heterocycles. The van der Waals surface area contributed by atoms with E-state index in [1.54, 1.807) is 17.5 Å². The first kappa shape index (κ1) is 15.0. The van der Waals surface area contributed by atoms with Crippen molar-refractivity contribution in [3.8, 4) is 17.6 Å². The van der Waals surface area contributed by atoms with Crippen molar-refractivity contribution in [2.75, 3.05) is 19.0 Å². The number of hydrogen-bond acceptors (Lipinski definition) is 4. The first-order valence-corrected chi connectivity index (χ1v) is 6.85. The Morgan fingerprint density at radius 1 is 1.48 bits per heavy atom. The van der Waals surface area contributed by atoms with Crippen LogP contribution >= 0.6 is 11.3 Å². The van der Waals surface area contributed by atoms with Crippen molar-refractivity contribution in [2.24, 2.45) is 0 Å². The van der Waals surface area contributed by atoms with Crippen molar-refractivity contribution in [3.05, 3.63) is 45.9 Å². The van der Waals surface area contributed by atoms with Gasteiger partial charge in [0.1, 0.15) is 23.1 Å². The molecule has 0 aliphatic carbocycles. The van der Waals surface area contributed by atoms with E-state index in [-0.39, 0.29) is 12.3 Å². The number of ether oxygens (including phenoxy) is 1. The Morgan fingerprint density at radius 3 is 2.95 bits per heavy atom. The van der Waals surface area contributed by atoms with E-state index in [0.717, 1.165) is 0 Å². The second-order valence-electron chi connectivity index (χ2n) is 3.93. The molecule has 0 radical (unpaired) electrons. The van der Waals surface area contributed by atoms with Crippen LogP contribution in [-0.4, -0.2) is 24.7 Å². The fourth-order valence-corrected chi connectivity index (χ4v) is 2.39. The Labute approximate surface area is 125 Å². The summed E-state index contributed by atoms with van der Waals surface area (Å²) in [6.07, 6.45) is 0. The minimum Gasteiger partial charge on any atom is -0.495 e.